The maximum Gasteiger partial charge on any atom is 0.224 e. The fourth-order valence-corrected chi connectivity index (χ4v) is 4.48. The van der Waals surface area contributed by atoms with Gasteiger partial charge >= 0.3 is 0 Å². The maximum absolute atomic E-state index is 12.5. The Hall–Kier alpha value is -1.93. The number of carbonyl (C=O) groups excluding carboxylic acids is 1. The van der Waals surface area contributed by atoms with Gasteiger partial charge in [0, 0.05) is 38.0 Å². The molecule has 0 spiro atoms. The average Bonchev–Trinajstić information content (AvgIpc) is 3.01. The molecule has 2 aromatic rings. The van der Waals surface area contributed by atoms with E-state index < -0.39 is 15.3 Å². The van der Waals surface area contributed by atoms with Gasteiger partial charge in [-0.25, -0.2) is 8.42 Å². The van der Waals surface area contributed by atoms with Crippen LogP contribution in [-0.2, 0) is 21.4 Å². The van der Waals surface area contributed by atoms with Gasteiger partial charge in [0.1, 0.15) is 0 Å². The van der Waals surface area contributed by atoms with E-state index in [9.17, 15) is 13.2 Å². The summed E-state index contributed by atoms with van der Waals surface area (Å²) < 4.78 is 27.8. The van der Waals surface area contributed by atoms with Crippen LogP contribution in [0.3, 0.4) is 0 Å². The van der Waals surface area contributed by atoms with Crippen LogP contribution in [0.25, 0.3) is 10.9 Å². The van der Waals surface area contributed by atoms with Gasteiger partial charge in [-0.1, -0.05) is 12.1 Å². The lowest BCUT2D eigenvalue weighted by molar-refractivity contribution is -0.132. The number of aryl methyl sites for hydroxylation is 2. The summed E-state index contributed by atoms with van der Waals surface area (Å²) in [6, 6.07) is 6.15. The van der Waals surface area contributed by atoms with Crippen LogP contribution in [0.4, 0.5) is 0 Å². The third kappa shape index (κ3) is 3.76. The number of piperazine rings is 1. The minimum atomic E-state index is -3.24. The van der Waals surface area contributed by atoms with Crippen LogP contribution in [0.2, 0.25) is 0 Å². The van der Waals surface area contributed by atoms with E-state index in [1.807, 2.05) is 29.9 Å². The van der Waals surface area contributed by atoms with Gasteiger partial charge in [0.2, 0.25) is 15.9 Å². The molecule has 8 heteroatoms. The number of carbonyl (C=O) groups is 1. The highest BCUT2D eigenvalue weighted by molar-refractivity contribution is 7.89. The summed E-state index contributed by atoms with van der Waals surface area (Å²) in [5.74, 6) is 0.0443. The van der Waals surface area contributed by atoms with E-state index in [2.05, 4.69) is 11.2 Å². The molecule has 0 unspecified atom stereocenters. The van der Waals surface area contributed by atoms with E-state index in [0.717, 1.165) is 16.5 Å². The third-order valence-corrected chi connectivity index (χ3v) is 7.16. The van der Waals surface area contributed by atoms with Crippen LogP contribution < -0.4 is 0 Å². The Balaban J connectivity index is 1.57. The topological polar surface area (TPSA) is 75.5 Å². The van der Waals surface area contributed by atoms with Gasteiger partial charge in [0.05, 0.1) is 23.5 Å². The summed E-state index contributed by atoms with van der Waals surface area (Å²) in [5, 5.41) is 5.01. The Kier molecular flexibility index (Phi) is 5.34. The normalized spacial score (nSPS) is 16.5. The van der Waals surface area contributed by atoms with Crippen molar-refractivity contribution in [2.24, 2.45) is 0 Å². The second-order valence-electron chi connectivity index (χ2n) is 7.05. The van der Waals surface area contributed by atoms with Crippen molar-refractivity contribution in [3.8, 4) is 0 Å². The minimum absolute atomic E-state index is 0.0443. The van der Waals surface area contributed by atoms with Gasteiger partial charge in [0.15, 0.2) is 0 Å². The molecule has 1 saturated heterocycles. The Bertz CT molecular complexity index is 896. The Morgan fingerprint density at radius 1 is 1.19 bits per heavy atom. The van der Waals surface area contributed by atoms with Crippen molar-refractivity contribution in [3.05, 3.63) is 30.0 Å². The second-order valence-corrected chi connectivity index (χ2v) is 9.54. The molecule has 0 N–H and O–H groups in total. The minimum Gasteiger partial charge on any atom is -0.340 e. The largest absolute Gasteiger partial charge is 0.340 e. The fraction of sp³-hybridized carbons (Fsp3) is 0.556. The van der Waals surface area contributed by atoms with Gasteiger partial charge in [-0.05, 0) is 32.4 Å². The molecule has 1 fully saturated rings. The first-order valence-electron chi connectivity index (χ1n) is 8.98. The van der Waals surface area contributed by atoms with E-state index in [-0.39, 0.29) is 5.91 Å². The Labute approximate surface area is 154 Å². The van der Waals surface area contributed by atoms with Crippen molar-refractivity contribution in [1.82, 2.24) is 19.0 Å². The lowest BCUT2D eigenvalue weighted by Gasteiger charge is -2.35. The number of hydrogen-bond acceptors (Lipinski definition) is 4. The number of sulfonamides is 1. The van der Waals surface area contributed by atoms with Crippen LogP contribution in [-0.4, -0.2) is 64.7 Å². The number of rotatable bonds is 5. The molecule has 1 aliphatic rings. The molecule has 26 heavy (non-hydrogen) atoms. The maximum atomic E-state index is 12.5. The highest BCUT2D eigenvalue weighted by Crippen LogP contribution is 2.17. The molecule has 0 aliphatic carbocycles. The molecule has 0 saturated carbocycles. The first-order chi connectivity index (χ1) is 12.3. The molecule has 142 valence electrons. The predicted octanol–water partition coefficient (Wildman–Crippen LogP) is 1.62. The zero-order chi connectivity index (χ0) is 18.9. The summed E-state index contributed by atoms with van der Waals surface area (Å²) in [4.78, 5) is 14.3. The smallest absolute Gasteiger partial charge is 0.224 e. The molecule has 1 aromatic heterocycles. The molecule has 1 amide bonds. The zero-order valence-electron chi connectivity index (χ0n) is 15.6. The third-order valence-electron chi connectivity index (χ3n) is 4.88. The standard InChI is InChI=1S/C18H26N4O3S/c1-14(2)26(24,25)21-10-8-20(9-11-21)18(23)6-7-22-17-12-15(3)4-5-16(17)13-19-22/h4-5,12-14H,6-11H2,1-3H3. The zero-order valence-corrected chi connectivity index (χ0v) is 16.4. The molecule has 0 bridgehead atoms. The van der Waals surface area contributed by atoms with Gasteiger partial charge < -0.3 is 4.90 Å². The van der Waals surface area contributed by atoms with Gasteiger partial charge in [-0.2, -0.15) is 9.40 Å². The van der Waals surface area contributed by atoms with Crippen molar-refractivity contribution in [3.63, 3.8) is 0 Å². The average molecular weight is 378 g/mol. The van der Waals surface area contributed by atoms with Crippen LogP contribution in [0, 0.1) is 6.92 Å². The molecule has 7 nitrogen and oxygen atoms in total. The summed E-state index contributed by atoms with van der Waals surface area (Å²) in [5.41, 5.74) is 2.19. The summed E-state index contributed by atoms with van der Waals surface area (Å²) in [6.45, 7) is 7.56. The Morgan fingerprint density at radius 2 is 1.88 bits per heavy atom. The summed E-state index contributed by atoms with van der Waals surface area (Å²) >= 11 is 0. The number of benzene rings is 1. The summed E-state index contributed by atoms with van der Waals surface area (Å²) in [6.07, 6.45) is 2.18. The molecular weight excluding hydrogens is 352 g/mol. The second kappa shape index (κ2) is 7.36. The number of aromatic nitrogens is 2. The van der Waals surface area contributed by atoms with E-state index in [4.69, 9.17) is 0 Å². The molecular formula is C18H26N4O3S. The molecule has 2 heterocycles. The molecule has 0 atom stereocenters. The SMILES string of the molecule is Cc1ccc2cnn(CCC(=O)N3CCN(S(=O)(=O)C(C)C)CC3)c2c1. The van der Waals surface area contributed by atoms with E-state index in [1.54, 1.807) is 18.7 Å². The van der Waals surface area contributed by atoms with Crippen molar-refractivity contribution in [1.29, 1.82) is 0 Å². The first kappa shape index (κ1) is 18.8. The number of hydrogen-bond donors (Lipinski definition) is 0. The monoisotopic (exact) mass is 378 g/mol. The predicted molar refractivity (Wildman–Crippen MR) is 101 cm³/mol. The Morgan fingerprint density at radius 3 is 2.54 bits per heavy atom. The van der Waals surface area contributed by atoms with E-state index >= 15 is 0 Å². The van der Waals surface area contributed by atoms with Crippen LogP contribution in [0.1, 0.15) is 25.8 Å². The van der Waals surface area contributed by atoms with Crippen LogP contribution >= 0.6 is 0 Å². The van der Waals surface area contributed by atoms with Crippen molar-refractivity contribution in [2.75, 3.05) is 26.2 Å². The van der Waals surface area contributed by atoms with Crippen LogP contribution in [0.5, 0.6) is 0 Å². The fourth-order valence-electron chi connectivity index (χ4n) is 3.21. The van der Waals surface area contributed by atoms with Crippen molar-refractivity contribution < 1.29 is 13.2 Å². The van der Waals surface area contributed by atoms with Crippen molar-refractivity contribution >= 4 is 26.8 Å². The highest BCUT2D eigenvalue weighted by atomic mass is 32.2. The van der Waals surface area contributed by atoms with Gasteiger partial charge in [0.25, 0.3) is 0 Å². The quantitative estimate of drug-likeness (QED) is 0.792. The lowest BCUT2D eigenvalue weighted by Crippen LogP contribution is -2.52. The van der Waals surface area contributed by atoms with Crippen LogP contribution in [0.15, 0.2) is 24.4 Å². The molecule has 3 rings (SSSR count). The lowest BCUT2D eigenvalue weighted by atomic mass is 10.2. The van der Waals surface area contributed by atoms with E-state index in [0.29, 0.717) is 39.1 Å². The highest BCUT2D eigenvalue weighted by Gasteiger charge is 2.30. The van der Waals surface area contributed by atoms with Gasteiger partial charge in [-0.3, -0.25) is 9.48 Å². The molecule has 1 aliphatic heterocycles. The number of fused-ring (bicyclic) bond motifs is 1. The van der Waals surface area contributed by atoms with Crippen molar-refractivity contribution in [2.45, 2.75) is 39.0 Å². The first-order valence-corrected chi connectivity index (χ1v) is 10.5. The summed E-state index contributed by atoms with van der Waals surface area (Å²) in [7, 11) is -3.24. The van der Waals surface area contributed by atoms with Gasteiger partial charge in [-0.15, -0.1) is 0 Å². The molecule has 0 radical (unpaired) electrons. The van der Waals surface area contributed by atoms with E-state index in [1.165, 1.54) is 4.31 Å². The molecule has 1 aromatic carbocycles. The number of amides is 1. The number of nitrogens with zero attached hydrogens (tertiary/aromatic N) is 4.